The van der Waals surface area contributed by atoms with Gasteiger partial charge in [-0.3, -0.25) is 4.79 Å². The van der Waals surface area contributed by atoms with Gasteiger partial charge in [-0.25, -0.2) is 0 Å². The monoisotopic (exact) mass is 464 g/mol. The Labute approximate surface area is 208 Å². The molecule has 2 heteroatoms. The van der Waals surface area contributed by atoms with Crippen LogP contribution < -0.4 is 0 Å². The maximum Gasteiger partial charge on any atom is 0.305 e. The van der Waals surface area contributed by atoms with Crippen molar-refractivity contribution in [3.63, 3.8) is 0 Å². The topological polar surface area (TPSA) is 26.3 Å². The van der Waals surface area contributed by atoms with Gasteiger partial charge in [0, 0.05) is 6.42 Å². The number of hydrogen-bond donors (Lipinski definition) is 0. The van der Waals surface area contributed by atoms with E-state index in [1.54, 1.807) is 0 Å². The fourth-order valence-electron chi connectivity index (χ4n) is 4.36. The number of carbonyl (C=O) groups is 1. The number of rotatable bonds is 27. The number of allylic oxidation sites excluding steroid dienone is 2. The summed E-state index contributed by atoms with van der Waals surface area (Å²) in [5, 5.41) is 0. The van der Waals surface area contributed by atoms with Crippen molar-refractivity contribution in [1.82, 2.24) is 0 Å². The minimum absolute atomic E-state index is 0.0150. The first kappa shape index (κ1) is 32.2. The molecule has 2 nitrogen and oxygen atoms in total. The molecule has 33 heavy (non-hydrogen) atoms. The molecule has 196 valence electrons. The van der Waals surface area contributed by atoms with Crippen molar-refractivity contribution in [3.8, 4) is 0 Å². The van der Waals surface area contributed by atoms with Crippen molar-refractivity contribution in [2.75, 3.05) is 6.61 Å². The molecular formula is C31H60O2. The molecule has 0 fully saturated rings. The van der Waals surface area contributed by atoms with Gasteiger partial charge in [-0.1, -0.05) is 142 Å². The number of esters is 1. The summed E-state index contributed by atoms with van der Waals surface area (Å²) in [6, 6.07) is 0. The summed E-state index contributed by atoms with van der Waals surface area (Å²) in [5.41, 5.74) is 0. The number of hydrogen-bond acceptors (Lipinski definition) is 2. The highest BCUT2D eigenvalue weighted by molar-refractivity contribution is 5.69. The van der Waals surface area contributed by atoms with Gasteiger partial charge in [-0.05, 0) is 38.5 Å². The van der Waals surface area contributed by atoms with Crippen LogP contribution in [0.15, 0.2) is 12.2 Å². The quantitative estimate of drug-likeness (QED) is 0.0686. The van der Waals surface area contributed by atoms with Crippen molar-refractivity contribution in [2.24, 2.45) is 0 Å². The van der Waals surface area contributed by atoms with E-state index < -0.39 is 0 Å². The Balaban J connectivity index is 3.18. The predicted molar refractivity (Wildman–Crippen MR) is 147 cm³/mol. The zero-order valence-corrected chi connectivity index (χ0v) is 22.9. The van der Waals surface area contributed by atoms with E-state index in [-0.39, 0.29) is 5.97 Å². The van der Waals surface area contributed by atoms with Crippen LogP contribution in [0, 0.1) is 0 Å². The molecule has 0 aliphatic carbocycles. The van der Waals surface area contributed by atoms with Crippen LogP contribution >= 0.6 is 0 Å². The van der Waals surface area contributed by atoms with Gasteiger partial charge in [-0.2, -0.15) is 0 Å². The summed E-state index contributed by atoms with van der Waals surface area (Å²) in [7, 11) is 0. The van der Waals surface area contributed by atoms with Crippen LogP contribution in [-0.4, -0.2) is 12.6 Å². The minimum atomic E-state index is 0.0150. The summed E-state index contributed by atoms with van der Waals surface area (Å²) in [6.07, 6.45) is 36.8. The maximum atomic E-state index is 11.8. The van der Waals surface area contributed by atoms with Gasteiger partial charge >= 0.3 is 5.97 Å². The molecule has 0 aliphatic heterocycles. The molecule has 0 bridgehead atoms. The molecule has 0 spiro atoms. The first-order valence-electron chi connectivity index (χ1n) is 15.1. The summed E-state index contributed by atoms with van der Waals surface area (Å²) in [5.74, 6) is 0.0150. The van der Waals surface area contributed by atoms with E-state index in [1.807, 2.05) is 0 Å². The van der Waals surface area contributed by atoms with Crippen LogP contribution in [0.25, 0.3) is 0 Å². The largest absolute Gasteiger partial charge is 0.466 e. The lowest BCUT2D eigenvalue weighted by molar-refractivity contribution is -0.143. The molecule has 0 radical (unpaired) electrons. The smallest absolute Gasteiger partial charge is 0.305 e. The first-order chi connectivity index (χ1) is 16.3. The molecule has 0 rings (SSSR count). The third kappa shape index (κ3) is 29.2. The van der Waals surface area contributed by atoms with Crippen molar-refractivity contribution in [1.29, 1.82) is 0 Å². The Hall–Kier alpha value is -0.790. The molecule has 0 N–H and O–H groups in total. The Morgan fingerprint density at radius 3 is 1.30 bits per heavy atom. The van der Waals surface area contributed by atoms with Crippen LogP contribution in [0.2, 0.25) is 0 Å². The highest BCUT2D eigenvalue weighted by Crippen LogP contribution is 2.12. The van der Waals surface area contributed by atoms with Crippen molar-refractivity contribution >= 4 is 5.97 Å². The number of unbranched alkanes of at least 4 members (excludes halogenated alkanes) is 21. The average molecular weight is 465 g/mol. The minimum Gasteiger partial charge on any atom is -0.466 e. The lowest BCUT2D eigenvalue weighted by Gasteiger charge is -2.05. The average Bonchev–Trinajstić information content (AvgIpc) is 2.82. The van der Waals surface area contributed by atoms with E-state index in [9.17, 15) is 4.79 Å². The normalized spacial score (nSPS) is 11.5. The molecule has 0 amide bonds. The second-order valence-corrected chi connectivity index (χ2v) is 10.1. The van der Waals surface area contributed by atoms with Gasteiger partial charge in [-0.15, -0.1) is 0 Å². The molecule has 0 aromatic heterocycles. The van der Waals surface area contributed by atoms with Crippen LogP contribution in [0.3, 0.4) is 0 Å². The standard InChI is InChI=1S/C31H60O2/c1-3-5-7-9-11-13-14-15-16-17-18-19-20-22-24-26-28-30-33-31(32)29-27-25-23-21-12-10-8-6-4-2/h16-17H,3-15,18-30H2,1-2H3/b17-16-. The van der Waals surface area contributed by atoms with E-state index in [0.717, 1.165) is 12.8 Å². The summed E-state index contributed by atoms with van der Waals surface area (Å²) < 4.78 is 5.39. The van der Waals surface area contributed by atoms with Crippen LogP contribution in [0.4, 0.5) is 0 Å². The van der Waals surface area contributed by atoms with Gasteiger partial charge in [0.15, 0.2) is 0 Å². The highest BCUT2D eigenvalue weighted by atomic mass is 16.5. The van der Waals surface area contributed by atoms with Crippen LogP contribution in [0.5, 0.6) is 0 Å². The first-order valence-corrected chi connectivity index (χ1v) is 15.1. The SMILES string of the molecule is CCCCCCCCC/C=C\CCCCCCCCOC(=O)CCCCCCCCCCC. The van der Waals surface area contributed by atoms with Gasteiger partial charge in [0.2, 0.25) is 0 Å². The molecule has 0 aliphatic rings. The Kier molecular flexibility index (Phi) is 28.5. The predicted octanol–water partition coefficient (Wildman–Crippen LogP) is 10.9. The Bertz CT molecular complexity index is 402. The molecule has 0 aromatic carbocycles. The molecule has 0 aromatic rings. The Morgan fingerprint density at radius 2 is 0.848 bits per heavy atom. The van der Waals surface area contributed by atoms with Crippen molar-refractivity contribution < 1.29 is 9.53 Å². The lowest BCUT2D eigenvalue weighted by atomic mass is 10.1. The van der Waals surface area contributed by atoms with Gasteiger partial charge in [0.25, 0.3) is 0 Å². The van der Waals surface area contributed by atoms with Gasteiger partial charge in [0.1, 0.15) is 0 Å². The fraction of sp³-hybridized carbons (Fsp3) is 0.903. The second kappa shape index (κ2) is 29.2. The van der Waals surface area contributed by atoms with E-state index in [1.165, 1.54) is 141 Å². The van der Waals surface area contributed by atoms with E-state index in [0.29, 0.717) is 13.0 Å². The summed E-state index contributed by atoms with van der Waals surface area (Å²) >= 11 is 0. The zero-order valence-electron chi connectivity index (χ0n) is 22.9. The molecule has 0 saturated carbocycles. The fourth-order valence-corrected chi connectivity index (χ4v) is 4.36. The van der Waals surface area contributed by atoms with Crippen molar-refractivity contribution in [2.45, 2.75) is 174 Å². The number of ether oxygens (including phenoxy) is 1. The highest BCUT2D eigenvalue weighted by Gasteiger charge is 2.02. The lowest BCUT2D eigenvalue weighted by Crippen LogP contribution is -2.05. The maximum absolute atomic E-state index is 11.8. The summed E-state index contributed by atoms with van der Waals surface area (Å²) in [4.78, 5) is 11.8. The molecule has 0 saturated heterocycles. The van der Waals surface area contributed by atoms with Gasteiger partial charge < -0.3 is 4.74 Å². The Morgan fingerprint density at radius 1 is 0.485 bits per heavy atom. The third-order valence-electron chi connectivity index (χ3n) is 6.65. The van der Waals surface area contributed by atoms with Crippen molar-refractivity contribution in [3.05, 3.63) is 12.2 Å². The molecule has 0 unspecified atom stereocenters. The molecule has 0 atom stereocenters. The van der Waals surface area contributed by atoms with Crippen LogP contribution in [-0.2, 0) is 9.53 Å². The van der Waals surface area contributed by atoms with E-state index >= 15 is 0 Å². The summed E-state index contributed by atoms with van der Waals surface area (Å²) in [6.45, 7) is 5.17. The zero-order chi connectivity index (χ0) is 24.1. The third-order valence-corrected chi connectivity index (χ3v) is 6.65. The second-order valence-electron chi connectivity index (χ2n) is 10.1. The van der Waals surface area contributed by atoms with E-state index in [4.69, 9.17) is 4.74 Å². The molecule has 0 heterocycles. The van der Waals surface area contributed by atoms with Gasteiger partial charge in [0.05, 0.1) is 6.61 Å². The van der Waals surface area contributed by atoms with Crippen LogP contribution in [0.1, 0.15) is 174 Å². The van der Waals surface area contributed by atoms with E-state index in [2.05, 4.69) is 26.0 Å². The molecular weight excluding hydrogens is 404 g/mol. The number of carbonyl (C=O) groups excluding carboxylic acids is 1.